The van der Waals surface area contributed by atoms with Gasteiger partial charge in [-0.25, -0.2) is 0 Å². The minimum absolute atomic E-state index is 0.0661. The molecule has 2 saturated heterocycles. The zero-order valence-electron chi connectivity index (χ0n) is 19.9. The van der Waals surface area contributed by atoms with Gasteiger partial charge in [-0.2, -0.15) is 10.1 Å². The summed E-state index contributed by atoms with van der Waals surface area (Å²) in [5.41, 5.74) is 0.622. The predicted molar refractivity (Wildman–Crippen MR) is 126 cm³/mol. The van der Waals surface area contributed by atoms with Gasteiger partial charge in [-0.1, -0.05) is 6.92 Å². The number of aromatic nitrogens is 4. The summed E-state index contributed by atoms with van der Waals surface area (Å²) in [6, 6.07) is 5.35. The van der Waals surface area contributed by atoms with Crippen LogP contribution in [-0.4, -0.2) is 43.6 Å². The molecule has 2 unspecified atom stereocenters. The van der Waals surface area contributed by atoms with Gasteiger partial charge in [0.2, 0.25) is 5.88 Å². The molecule has 1 amide bonds. The van der Waals surface area contributed by atoms with Crippen LogP contribution < -0.4 is 15.6 Å². The van der Waals surface area contributed by atoms with Crippen molar-refractivity contribution in [3.05, 3.63) is 46.5 Å². The molecule has 4 fully saturated rings. The van der Waals surface area contributed by atoms with Gasteiger partial charge < -0.3 is 19.4 Å². The SMILES string of the molecule is CC(C)Oc1nc2nn(C34COC(C)(C3)C4)cc2cc1C(=O)Nc1cccn(C2CC2C)c1=O. The molecule has 0 aromatic carbocycles. The molecule has 5 heterocycles. The summed E-state index contributed by atoms with van der Waals surface area (Å²) < 4.78 is 15.4. The average molecular weight is 464 g/mol. The first-order valence-electron chi connectivity index (χ1n) is 11.9. The summed E-state index contributed by atoms with van der Waals surface area (Å²) in [5, 5.41) is 8.24. The topological polar surface area (TPSA) is 100 Å². The Balaban J connectivity index is 1.35. The number of pyridine rings is 2. The van der Waals surface area contributed by atoms with Crippen molar-refractivity contribution in [2.24, 2.45) is 5.92 Å². The average Bonchev–Trinajstić information content (AvgIpc) is 3.08. The molecule has 2 aliphatic carbocycles. The van der Waals surface area contributed by atoms with Gasteiger partial charge in [-0.3, -0.25) is 14.3 Å². The van der Waals surface area contributed by atoms with Crippen LogP contribution in [0.5, 0.6) is 5.88 Å². The molecule has 0 radical (unpaired) electrons. The van der Waals surface area contributed by atoms with Crippen LogP contribution >= 0.6 is 0 Å². The minimum Gasteiger partial charge on any atom is -0.474 e. The van der Waals surface area contributed by atoms with Crippen molar-refractivity contribution >= 4 is 22.6 Å². The molecule has 3 aromatic heterocycles. The van der Waals surface area contributed by atoms with Crippen LogP contribution in [0.3, 0.4) is 0 Å². The zero-order chi connectivity index (χ0) is 23.8. The van der Waals surface area contributed by atoms with Gasteiger partial charge in [0, 0.05) is 36.7 Å². The first-order valence-corrected chi connectivity index (χ1v) is 11.9. The second-order valence-electron chi connectivity index (χ2n) is 10.7. The quantitative estimate of drug-likeness (QED) is 0.601. The number of fused-ring (bicyclic) bond motifs is 2. The normalized spacial score (nSPS) is 29.3. The molecule has 2 aliphatic heterocycles. The highest BCUT2D eigenvalue weighted by atomic mass is 16.5. The molecular formula is C25H29N5O4. The number of rotatable bonds is 6. The number of nitrogens with one attached hydrogen (secondary N) is 1. The van der Waals surface area contributed by atoms with E-state index < -0.39 is 5.91 Å². The van der Waals surface area contributed by atoms with Gasteiger partial charge in [0.1, 0.15) is 11.3 Å². The maximum atomic E-state index is 13.3. The highest BCUT2D eigenvalue weighted by Gasteiger charge is 2.61. The largest absolute Gasteiger partial charge is 0.474 e. The lowest BCUT2D eigenvalue weighted by Gasteiger charge is -2.42. The first-order chi connectivity index (χ1) is 16.2. The van der Waals surface area contributed by atoms with E-state index in [1.807, 2.05) is 24.7 Å². The van der Waals surface area contributed by atoms with Crippen LogP contribution in [0.15, 0.2) is 35.4 Å². The number of ether oxygens (including phenoxy) is 2. The summed E-state index contributed by atoms with van der Waals surface area (Å²) >= 11 is 0. The van der Waals surface area contributed by atoms with Gasteiger partial charge >= 0.3 is 0 Å². The fourth-order valence-electron chi connectivity index (χ4n) is 5.49. The Morgan fingerprint density at radius 3 is 2.76 bits per heavy atom. The lowest BCUT2D eigenvalue weighted by Crippen LogP contribution is -2.49. The molecule has 3 aromatic rings. The number of carbonyl (C=O) groups is 1. The number of carbonyl (C=O) groups excluding carboxylic acids is 1. The Kier molecular flexibility index (Phi) is 4.49. The van der Waals surface area contributed by atoms with E-state index in [0.29, 0.717) is 18.2 Å². The van der Waals surface area contributed by atoms with Crippen LogP contribution in [0, 0.1) is 5.92 Å². The molecule has 178 valence electrons. The lowest BCUT2D eigenvalue weighted by atomic mass is 9.69. The molecule has 0 spiro atoms. The Bertz CT molecular complexity index is 1370. The number of anilines is 1. The van der Waals surface area contributed by atoms with Crippen molar-refractivity contribution in [2.45, 2.75) is 70.2 Å². The molecule has 1 N–H and O–H groups in total. The molecule has 34 heavy (non-hydrogen) atoms. The minimum atomic E-state index is -0.435. The molecule has 2 bridgehead atoms. The maximum Gasteiger partial charge on any atom is 0.274 e. The second-order valence-corrected chi connectivity index (χ2v) is 10.7. The highest BCUT2D eigenvalue weighted by Crippen LogP contribution is 2.55. The van der Waals surface area contributed by atoms with E-state index in [2.05, 4.69) is 24.1 Å². The molecular weight excluding hydrogens is 434 g/mol. The van der Waals surface area contributed by atoms with Crippen molar-refractivity contribution in [1.82, 2.24) is 19.3 Å². The summed E-state index contributed by atoms with van der Waals surface area (Å²) in [5.74, 6) is 0.238. The number of amides is 1. The lowest BCUT2D eigenvalue weighted by molar-refractivity contribution is 0.00381. The van der Waals surface area contributed by atoms with Gasteiger partial charge in [0.25, 0.3) is 11.5 Å². The third kappa shape index (κ3) is 3.33. The van der Waals surface area contributed by atoms with Crippen molar-refractivity contribution in [3.63, 3.8) is 0 Å². The van der Waals surface area contributed by atoms with Gasteiger partial charge in [-0.15, -0.1) is 0 Å². The number of nitrogens with zero attached hydrogens (tertiary/aromatic N) is 4. The van der Waals surface area contributed by atoms with E-state index in [9.17, 15) is 9.59 Å². The third-order valence-electron chi connectivity index (χ3n) is 7.28. The Labute approximate surface area is 197 Å². The van der Waals surface area contributed by atoms with Gasteiger partial charge in [-0.05, 0) is 51.3 Å². The van der Waals surface area contributed by atoms with Crippen LogP contribution in [0.2, 0.25) is 0 Å². The van der Waals surface area contributed by atoms with Crippen molar-refractivity contribution in [3.8, 4) is 5.88 Å². The molecule has 2 saturated carbocycles. The van der Waals surface area contributed by atoms with E-state index >= 15 is 0 Å². The second kappa shape index (κ2) is 7.15. The van der Waals surface area contributed by atoms with Crippen LogP contribution in [0.4, 0.5) is 5.69 Å². The monoisotopic (exact) mass is 463 g/mol. The maximum absolute atomic E-state index is 13.3. The van der Waals surface area contributed by atoms with E-state index in [0.717, 1.165) is 24.6 Å². The number of hydrogen-bond acceptors (Lipinski definition) is 6. The summed E-state index contributed by atoms with van der Waals surface area (Å²) in [4.78, 5) is 30.8. The molecule has 9 nitrogen and oxygen atoms in total. The van der Waals surface area contributed by atoms with Crippen molar-refractivity contribution in [1.29, 1.82) is 0 Å². The first kappa shape index (κ1) is 21.3. The van der Waals surface area contributed by atoms with Crippen molar-refractivity contribution < 1.29 is 14.3 Å². The standard InChI is InChI=1S/C25H29N5O4/c1-14(2)34-22-17(21(31)26-18-6-5-7-29(23(18)32)19-8-15(19)3)9-16-10-30(28-20(16)27-22)25-11-24(4,12-25)33-13-25/h5-7,9-10,14-15,19H,8,11-13H2,1-4H3,(H,26,31). The van der Waals surface area contributed by atoms with E-state index in [-0.39, 0.29) is 46.0 Å². The number of hydrogen-bond donors (Lipinski definition) is 1. The molecule has 7 rings (SSSR count). The summed E-state index contributed by atoms with van der Waals surface area (Å²) in [6.45, 7) is 8.62. The van der Waals surface area contributed by atoms with E-state index in [1.54, 1.807) is 29.0 Å². The Morgan fingerprint density at radius 2 is 2.12 bits per heavy atom. The molecule has 9 heteroatoms. The van der Waals surface area contributed by atoms with Crippen LogP contribution in [0.1, 0.15) is 63.4 Å². The summed E-state index contributed by atoms with van der Waals surface area (Å²) in [7, 11) is 0. The fraction of sp³-hybridized carbons (Fsp3) is 0.520. The Hall–Kier alpha value is -3.20. The molecule has 2 atom stereocenters. The highest BCUT2D eigenvalue weighted by molar-refractivity contribution is 6.07. The zero-order valence-corrected chi connectivity index (χ0v) is 19.9. The third-order valence-corrected chi connectivity index (χ3v) is 7.28. The van der Waals surface area contributed by atoms with Crippen molar-refractivity contribution in [2.75, 3.05) is 11.9 Å². The van der Waals surface area contributed by atoms with E-state index in [4.69, 9.17) is 14.6 Å². The summed E-state index contributed by atoms with van der Waals surface area (Å²) in [6.07, 6.45) is 6.32. The van der Waals surface area contributed by atoms with Gasteiger partial charge in [0.15, 0.2) is 5.65 Å². The van der Waals surface area contributed by atoms with Crippen LogP contribution in [-0.2, 0) is 10.3 Å². The predicted octanol–water partition coefficient (Wildman–Crippen LogP) is 3.49. The smallest absolute Gasteiger partial charge is 0.274 e. The van der Waals surface area contributed by atoms with Gasteiger partial charge in [0.05, 0.1) is 23.9 Å². The van der Waals surface area contributed by atoms with Crippen LogP contribution in [0.25, 0.3) is 11.0 Å². The molecule has 4 aliphatic rings. The van der Waals surface area contributed by atoms with E-state index in [1.165, 1.54) is 0 Å². The Morgan fingerprint density at radius 1 is 1.35 bits per heavy atom. The fourth-order valence-corrected chi connectivity index (χ4v) is 5.49.